The zero-order chi connectivity index (χ0) is 23.5. The molecule has 3 fully saturated rings. The number of piperidine rings is 2. The molecule has 1 aromatic carbocycles. The van der Waals surface area contributed by atoms with Gasteiger partial charge in [0.05, 0.1) is 5.75 Å². The molecule has 0 radical (unpaired) electrons. The van der Waals surface area contributed by atoms with Crippen molar-refractivity contribution < 1.29 is 17.7 Å². The van der Waals surface area contributed by atoms with Crippen LogP contribution in [0.1, 0.15) is 66.3 Å². The van der Waals surface area contributed by atoms with Gasteiger partial charge in [-0.2, -0.15) is 4.31 Å². The normalized spacial score (nSPS) is 24.7. The number of carbonyl (C=O) groups is 1. The second-order valence-electron chi connectivity index (χ2n) is 10.0. The Labute approximate surface area is 201 Å². The molecule has 0 bridgehead atoms. The van der Waals surface area contributed by atoms with Gasteiger partial charge in [-0.3, -0.25) is 4.79 Å². The molecule has 3 aliphatic rings. The summed E-state index contributed by atoms with van der Waals surface area (Å²) < 4.78 is 34.0. The summed E-state index contributed by atoms with van der Waals surface area (Å²) in [6.45, 7) is 2.18. The lowest BCUT2D eigenvalue weighted by Crippen LogP contribution is -2.53. The lowest BCUT2D eigenvalue weighted by Gasteiger charge is -2.39. The predicted molar refractivity (Wildman–Crippen MR) is 129 cm³/mol. The summed E-state index contributed by atoms with van der Waals surface area (Å²) in [5, 5.41) is 10.3. The number of aromatic nitrogens is 1. The summed E-state index contributed by atoms with van der Waals surface area (Å²) in [4.78, 5) is 12.8. The minimum absolute atomic E-state index is 0.104. The van der Waals surface area contributed by atoms with Gasteiger partial charge in [0, 0.05) is 30.6 Å². The molecule has 2 N–H and O–H groups in total. The highest BCUT2D eigenvalue weighted by molar-refractivity contribution is 7.89. The van der Waals surface area contributed by atoms with Gasteiger partial charge in [0.15, 0.2) is 5.69 Å². The molecule has 2 aromatic rings. The molecule has 184 valence electrons. The maximum Gasteiger partial charge on any atom is 0.273 e. The molecule has 34 heavy (non-hydrogen) atoms. The van der Waals surface area contributed by atoms with Gasteiger partial charge in [-0.1, -0.05) is 35.5 Å². The van der Waals surface area contributed by atoms with Crippen LogP contribution in [0.4, 0.5) is 0 Å². The topological polar surface area (TPSA) is 105 Å². The van der Waals surface area contributed by atoms with Crippen LogP contribution in [0.5, 0.6) is 0 Å². The molecule has 0 spiro atoms. The molecule has 9 heteroatoms. The number of rotatable bonds is 8. The fourth-order valence-electron chi connectivity index (χ4n) is 5.26. The zero-order valence-corrected chi connectivity index (χ0v) is 20.3. The summed E-state index contributed by atoms with van der Waals surface area (Å²) in [6.07, 6.45) is 5.78. The number of hydrogen-bond acceptors (Lipinski definition) is 6. The van der Waals surface area contributed by atoms with E-state index in [0.29, 0.717) is 37.4 Å². The first-order valence-corrected chi connectivity index (χ1v) is 14.1. The maximum atomic E-state index is 13.5. The number of hydrogen-bond donors (Lipinski definition) is 2. The molecule has 2 atom stereocenters. The van der Waals surface area contributed by atoms with E-state index >= 15 is 0 Å². The first-order valence-electron chi connectivity index (χ1n) is 12.5. The summed E-state index contributed by atoms with van der Waals surface area (Å²) in [5.74, 6) is 1.35. The number of nitrogens with one attached hydrogen (secondary N) is 2. The van der Waals surface area contributed by atoms with Crippen molar-refractivity contribution >= 4 is 15.9 Å². The van der Waals surface area contributed by atoms with Crippen molar-refractivity contribution in [1.82, 2.24) is 20.1 Å². The molecule has 2 aliphatic heterocycles. The zero-order valence-electron chi connectivity index (χ0n) is 19.5. The third kappa shape index (κ3) is 5.70. The van der Waals surface area contributed by atoms with Crippen molar-refractivity contribution in [2.45, 2.75) is 62.9 Å². The van der Waals surface area contributed by atoms with Crippen LogP contribution in [-0.2, 0) is 16.4 Å². The third-order valence-electron chi connectivity index (χ3n) is 7.31. The predicted octanol–water partition coefficient (Wildman–Crippen LogP) is 2.69. The monoisotopic (exact) mass is 486 g/mol. The summed E-state index contributed by atoms with van der Waals surface area (Å²) in [6, 6.07) is 11.4. The van der Waals surface area contributed by atoms with Gasteiger partial charge in [-0.25, -0.2) is 8.42 Å². The molecular weight excluding hydrogens is 452 g/mol. The average Bonchev–Trinajstić information content (AvgIpc) is 3.56. The van der Waals surface area contributed by atoms with E-state index in [1.165, 1.54) is 0 Å². The van der Waals surface area contributed by atoms with Gasteiger partial charge in [0.25, 0.3) is 5.91 Å². The van der Waals surface area contributed by atoms with Crippen LogP contribution in [0.2, 0.25) is 0 Å². The highest BCUT2D eigenvalue weighted by Gasteiger charge is 2.38. The molecule has 1 aliphatic carbocycles. The number of nitrogens with zero attached hydrogens (tertiary/aromatic N) is 2. The minimum Gasteiger partial charge on any atom is -0.360 e. The van der Waals surface area contributed by atoms with Crippen molar-refractivity contribution in [2.75, 3.05) is 25.4 Å². The second kappa shape index (κ2) is 10.2. The van der Waals surface area contributed by atoms with Gasteiger partial charge in [0.2, 0.25) is 10.0 Å². The minimum atomic E-state index is -3.39. The molecule has 1 saturated carbocycles. The van der Waals surface area contributed by atoms with Crippen LogP contribution in [0, 0.1) is 5.92 Å². The van der Waals surface area contributed by atoms with Gasteiger partial charge in [-0.05, 0) is 69.5 Å². The van der Waals surface area contributed by atoms with Crippen LogP contribution < -0.4 is 10.6 Å². The molecular formula is C25H34N4O4S. The fraction of sp³-hybridized carbons (Fsp3) is 0.600. The number of amides is 1. The van der Waals surface area contributed by atoms with E-state index in [9.17, 15) is 13.2 Å². The Bertz CT molecular complexity index is 1080. The molecule has 8 nitrogen and oxygen atoms in total. The fourth-order valence-corrected chi connectivity index (χ4v) is 7.37. The van der Waals surface area contributed by atoms with E-state index in [-0.39, 0.29) is 29.7 Å². The summed E-state index contributed by atoms with van der Waals surface area (Å²) in [5.41, 5.74) is 1.41. The maximum absolute atomic E-state index is 13.5. The van der Waals surface area contributed by atoms with Crippen LogP contribution in [0.25, 0.3) is 0 Å². The van der Waals surface area contributed by atoms with Crippen molar-refractivity contribution in [3.63, 3.8) is 0 Å². The van der Waals surface area contributed by atoms with E-state index in [2.05, 4.69) is 15.8 Å². The number of carbonyl (C=O) groups excluding carboxylic acids is 1. The second-order valence-corrected chi connectivity index (χ2v) is 12.0. The van der Waals surface area contributed by atoms with E-state index in [0.717, 1.165) is 50.1 Å². The third-order valence-corrected chi connectivity index (χ3v) is 9.40. The van der Waals surface area contributed by atoms with Gasteiger partial charge in [0.1, 0.15) is 5.76 Å². The number of benzene rings is 1. The standard InChI is InChI=1S/C25H34N4O4S/c30-25(23-16-24(33-28-23)20-6-7-20)27-21-10-13-29(22(15-21)14-18-4-2-1-3-5-18)34(31,32)17-19-8-11-26-12-9-19/h1-5,16,19-22,26H,6-15,17H2,(H,27,30)/t21-,22+/m1/s1. The van der Waals surface area contributed by atoms with Crippen LogP contribution in [0.3, 0.4) is 0 Å². The van der Waals surface area contributed by atoms with Gasteiger partial charge < -0.3 is 15.2 Å². The van der Waals surface area contributed by atoms with E-state index in [4.69, 9.17) is 4.52 Å². The van der Waals surface area contributed by atoms with Crippen molar-refractivity contribution in [3.05, 3.63) is 53.4 Å². The Morgan fingerprint density at radius 1 is 1.12 bits per heavy atom. The van der Waals surface area contributed by atoms with Crippen LogP contribution >= 0.6 is 0 Å². The van der Waals surface area contributed by atoms with E-state index in [1.54, 1.807) is 10.4 Å². The van der Waals surface area contributed by atoms with E-state index < -0.39 is 10.0 Å². The quantitative estimate of drug-likeness (QED) is 0.595. The average molecular weight is 487 g/mol. The van der Waals surface area contributed by atoms with Crippen LogP contribution in [-0.4, -0.2) is 61.3 Å². The Morgan fingerprint density at radius 3 is 2.62 bits per heavy atom. The summed E-state index contributed by atoms with van der Waals surface area (Å²) in [7, 11) is -3.39. The first-order chi connectivity index (χ1) is 16.5. The lowest BCUT2D eigenvalue weighted by molar-refractivity contribution is 0.0902. The SMILES string of the molecule is O=C(N[C@@H]1CCN(S(=O)(=O)CC2CCNCC2)[C@@H](Cc2ccccc2)C1)c1cc(C2CC2)on1. The van der Waals surface area contributed by atoms with Crippen LogP contribution in [0.15, 0.2) is 40.9 Å². The lowest BCUT2D eigenvalue weighted by atomic mass is 9.94. The number of sulfonamides is 1. The van der Waals surface area contributed by atoms with Gasteiger partial charge >= 0.3 is 0 Å². The highest BCUT2D eigenvalue weighted by Crippen LogP contribution is 2.40. The Kier molecular flexibility index (Phi) is 7.04. The molecule has 1 aromatic heterocycles. The van der Waals surface area contributed by atoms with Crippen molar-refractivity contribution in [3.8, 4) is 0 Å². The van der Waals surface area contributed by atoms with Crippen molar-refractivity contribution in [1.29, 1.82) is 0 Å². The smallest absolute Gasteiger partial charge is 0.273 e. The Hall–Kier alpha value is -2.23. The largest absolute Gasteiger partial charge is 0.360 e. The molecule has 2 saturated heterocycles. The summed E-state index contributed by atoms with van der Waals surface area (Å²) >= 11 is 0. The molecule has 3 heterocycles. The molecule has 5 rings (SSSR count). The Morgan fingerprint density at radius 2 is 1.88 bits per heavy atom. The molecule has 0 unspecified atom stereocenters. The first kappa shape index (κ1) is 23.5. The van der Waals surface area contributed by atoms with Gasteiger partial charge in [-0.15, -0.1) is 0 Å². The van der Waals surface area contributed by atoms with E-state index in [1.807, 2.05) is 30.3 Å². The Balaban J connectivity index is 1.28. The van der Waals surface area contributed by atoms with Crippen molar-refractivity contribution in [2.24, 2.45) is 5.92 Å². The molecule has 1 amide bonds. The highest BCUT2D eigenvalue weighted by atomic mass is 32.2.